The fraction of sp³-hybridized carbons (Fsp3) is 0.294. The number of hydrogen-bond donors (Lipinski definition) is 0. The SMILES string of the molecule is CSC(=CC(=C(C#N)C#N)c1ccc(C(C)C)cc1)SC. The average molecular weight is 314 g/mol. The number of nitriles is 2. The third-order valence-electron chi connectivity index (χ3n) is 3.05. The van der Waals surface area contributed by atoms with E-state index in [4.69, 9.17) is 0 Å². The second-order valence-electron chi connectivity index (χ2n) is 4.66. The topological polar surface area (TPSA) is 47.6 Å². The van der Waals surface area contributed by atoms with Gasteiger partial charge in [0.1, 0.15) is 17.7 Å². The van der Waals surface area contributed by atoms with Gasteiger partial charge in [-0.25, -0.2) is 0 Å². The van der Waals surface area contributed by atoms with E-state index in [1.54, 1.807) is 23.5 Å². The van der Waals surface area contributed by atoms with Crippen LogP contribution in [-0.4, -0.2) is 12.5 Å². The van der Waals surface area contributed by atoms with E-state index >= 15 is 0 Å². The first-order chi connectivity index (χ1) is 10.1. The molecule has 0 bridgehead atoms. The van der Waals surface area contributed by atoms with Crippen molar-refractivity contribution in [3.63, 3.8) is 0 Å². The van der Waals surface area contributed by atoms with Crippen LogP contribution in [0.25, 0.3) is 5.57 Å². The standard InChI is InChI=1S/C17H18N2S2/c1-12(2)13-5-7-14(8-6-13)16(15(10-18)11-19)9-17(20-3)21-4/h5-9,12H,1-4H3. The largest absolute Gasteiger partial charge is 0.192 e. The summed E-state index contributed by atoms with van der Waals surface area (Å²) in [5.41, 5.74) is 2.98. The van der Waals surface area contributed by atoms with E-state index < -0.39 is 0 Å². The van der Waals surface area contributed by atoms with Gasteiger partial charge < -0.3 is 0 Å². The molecule has 4 heteroatoms. The number of allylic oxidation sites excluding steroid dienone is 3. The molecular formula is C17H18N2S2. The van der Waals surface area contributed by atoms with Crippen molar-refractivity contribution in [2.45, 2.75) is 19.8 Å². The lowest BCUT2D eigenvalue weighted by atomic mass is 9.96. The Morgan fingerprint density at radius 2 is 1.57 bits per heavy atom. The van der Waals surface area contributed by atoms with Crippen molar-refractivity contribution in [3.05, 3.63) is 51.3 Å². The number of hydrogen-bond acceptors (Lipinski definition) is 4. The summed E-state index contributed by atoms with van der Waals surface area (Å²) >= 11 is 3.22. The molecule has 0 amide bonds. The number of nitrogens with zero attached hydrogens (tertiary/aromatic N) is 2. The number of thioether (sulfide) groups is 2. The molecule has 1 rings (SSSR count). The Kier molecular flexibility index (Phi) is 7.15. The van der Waals surface area contributed by atoms with E-state index in [0.717, 1.165) is 9.80 Å². The van der Waals surface area contributed by atoms with E-state index in [1.165, 1.54) is 5.56 Å². The maximum atomic E-state index is 9.19. The highest BCUT2D eigenvalue weighted by Gasteiger charge is 2.09. The molecule has 0 aliphatic carbocycles. The molecule has 0 N–H and O–H groups in total. The smallest absolute Gasteiger partial charge is 0.137 e. The lowest BCUT2D eigenvalue weighted by molar-refractivity contribution is 0.866. The Hall–Kier alpha value is -1.62. The van der Waals surface area contributed by atoms with E-state index in [0.29, 0.717) is 11.5 Å². The lowest BCUT2D eigenvalue weighted by Gasteiger charge is -2.09. The fourth-order valence-corrected chi connectivity index (χ4v) is 2.95. The van der Waals surface area contributed by atoms with Crippen LogP contribution >= 0.6 is 23.5 Å². The summed E-state index contributed by atoms with van der Waals surface area (Å²) in [6.07, 6.45) is 5.89. The van der Waals surface area contributed by atoms with Crippen LogP contribution < -0.4 is 0 Å². The monoisotopic (exact) mass is 314 g/mol. The molecule has 2 nitrogen and oxygen atoms in total. The molecule has 0 heterocycles. The summed E-state index contributed by atoms with van der Waals surface area (Å²) in [6.45, 7) is 4.28. The van der Waals surface area contributed by atoms with Gasteiger partial charge in [-0.05, 0) is 35.6 Å². The fourth-order valence-electron chi connectivity index (χ4n) is 1.81. The first kappa shape index (κ1) is 17.4. The van der Waals surface area contributed by atoms with Crippen LogP contribution in [0.15, 0.2) is 40.2 Å². The zero-order chi connectivity index (χ0) is 15.8. The van der Waals surface area contributed by atoms with Crippen LogP contribution in [0.3, 0.4) is 0 Å². The summed E-state index contributed by atoms with van der Waals surface area (Å²) in [6, 6.07) is 12.1. The number of rotatable bonds is 5. The van der Waals surface area contributed by atoms with Crippen molar-refractivity contribution in [2.75, 3.05) is 12.5 Å². The quantitative estimate of drug-likeness (QED) is 0.555. The van der Waals surface area contributed by atoms with Gasteiger partial charge in [-0.15, -0.1) is 23.5 Å². The van der Waals surface area contributed by atoms with Crippen molar-refractivity contribution in [1.29, 1.82) is 10.5 Å². The zero-order valence-corrected chi connectivity index (χ0v) is 14.3. The summed E-state index contributed by atoms with van der Waals surface area (Å²) < 4.78 is 1.07. The zero-order valence-electron chi connectivity index (χ0n) is 12.7. The molecule has 0 aliphatic heterocycles. The Labute approximate surface area is 135 Å². The minimum Gasteiger partial charge on any atom is -0.192 e. The van der Waals surface area contributed by atoms with Gasteiger partial charge >= 0.3 is 0 Å². The third kappa shape index (κ3) is 4.70. The van der Waals surface area contributed by atoms with Crippen LogP contribution in [-0.2, 0) is 0 Å². The maximum absolute atomic E-state index is 9.19. The van der Waals surface area contributed by atoms with Crippen molar-refractivity contribution in [2.24, 2.45) is 0 Å². The van der Waals surface area contributed by atoms with Gasteiger partial charge in [0.05, 0.1) is 0 Å². The van der Waals surface area contributed by atoms with Crippen LogP contribution in [0.2, 0.25) is 0 Å². The summed E-state index contributed by atoms with van der Waals surface area (Å²) in [5.74, 6) is 0.460. The minimum absolute atomic E-state index is 0.146. The molecule has 0 aliphatic rings. The Morgan fingerprint density at radius 3 is 1.95 bits per heavy atom. The summed E-state index contributed by atoms with van der Waals surface area (Å²) in [5, 5.41) is 18.4. The molecule has 0 radical (unpaired) electrons. The van der Waals surface area contributed by atoms with Crippen LogP contribution in [0.1, 0.15) is 30.9 Å². The third-order valence-corrected chi connectivity index (χ3v) is 5.09. The number of benzene rings is 1. The first-order valence-electron chi connectivity index (χ1n) is 6.51. The van der Waals surface area contributed by atoms with E-state index in [1.807, 2.05) is 42.9 Å². The Balaban J connectivity index is 3.40. The predicted molar refractivity (Wildman–Crippen MR) is 93.8 cm³/mol. The highest BCUT2D eigenvalue weighted by atomic mass is 32.2. The molecular weight excluding hydrogens is 296 g/mol. The van der Waals surface area contributed by atoms with Gasteiger partial charge in [0.25, 0.3) is 0 Å². The van der Waals surface area contributed by atoms with Gasteiger partial charge in [-0.2, -0.15) is 10.5 Å². The highest BCUT2D eigenvalue weighted by molar-refractivity contribution is 8.21. The van der Waals surface area contributed by atoms with Crippen LogP contribution in [0.5, 0.6) is 0 Å². The average Bonchev–Trinajstić information content (AvgIpc) is 2.51. The molecule has 0 spiro atoms. The molecule has 0 aromatic heterocycles. The van der Waals surface area contributed by atoms with Crippen molar-refractivity contribution in [1.82, 2.24) is 0 Å². The summed E-state index contributed by atoms with van der Waals surface area (Å²) in [4.78, 5) is 0. The molecule has 0 saturated carbocycles. The molecule has 108 valence electrons. The van der Waals surface area contributed by atoms with Crippen molar-refractivity contribution < 1.29 is 0 Å². The van der Waals surface area contributed by atoms with Gasteiger partial charge in [-0.3, -0.25) is 0 Å². The normalized spacial score (nSPS) is 9.67. The molecule has 1 aromatic rings. The van der Waals surface area contributed by atoms with Crippen LogP contribution in [0, 0.1) is 22.7 Å². The van der Waals surface area contributed by atoms with E-state index in [-0.39, 0.29) is 5.57 Å². The highest BCUT2D eigenvalue weighted by Crippen LogP contribution is 2.30. The second kappa shape index (κ2) is 8.62. The van der Waals surface area contributed by atoms with Gasteiger partial charge in [-0.1, -0.05) is 38.1 Å². The Bertz CT molecular complexity index is 604. The minimum atomic E-state index is 0.146. The molecule has 0 atom stereocenters. The molecule has 21 heavy (non-hydrogen) atoms. The lowest BCUT2D eigenvalue weighted by Crippen LogP contribution is -1.91. The molecule has 1 aromatic carbocycles. The first-order valence-corrected chi connectivity index (χ1v) is 8.96. The van der Waals surface area contributed by atoms with E-state index in [2.05, 4.69) is 26.0 Å². The van der Waals surface area contributed by atoms with Gasteiger partial charge in [0, 0.05) is 9.81 Å². The van der Waals surface area contributed by atoms with Crippen LogP contribution in [0.4, 0.5) is 0 Å². The van der Waals surface area contributed by atoms with Crippen molar-refractivity contribution in [3.8, 4) is 12.1 Å². The van der Waals surface area contributed by atoms with Gasteiger partial charge in [0.15, 0.2) is 0 Å². The molecule has 0 fully saturated rings. The van der Waals surface area contributed by atoms with Gasteiger partial charge in [0.2, 0.25) is 0 Å². The molecule has 0 unspecified atom stereocenters. The summed E-state index contributed by atoms with van der Waals surface area (Å²) in [7, 11) is 0. The molecule has 0 saturated heterocycles. The predicted octanol–water partition coefficient (Wildman–Crippen LogP) is 5.18. The van der Waals surface area contributed by atoms with E-state index in [9.17, 15) is 10.5 Å². The second-order valence-corrected chi connectivity index (χ2v) is 6.62. The Morgan fingerprint density at radius 1 is 1.05 bits per heavy atom. The maximum Gasteiger partial charge on any atom is 0.137 e. The van der Waals surface area contributed by atoms with Crippen molar-refractivity contribution >= 4 is 29.1 Å².